The number of H-pyrrole nitrogens is 1. The van der Waals surface area contributed by atoms with Gasteiger partial charge in [-0.05, 0) is 36.2 Å². The number of urea groups is 1. The van der Waals surface area contributed by atoms with Gasteiger partial charge < -0.3 is 15.6 Å². The van der Waals surface area contributed by atoms with Gasteiger partial charge in [-0.1, -0.05) is 36.0 Å². The molecule has 0 aliphatic carbocycles. The summed E-state index contributed by atoms with van der Waals surface area (Å²) in [6, 6.07) is 13.7. The first-order chi connectivity index (χ1) is 15.5. The van der Waals surface area contributed by atoms with Gasteiger partial charge in [-0.2, -0.15) is 0 Å². The third-order valence-corrected chi connectivity index (χ3v) is 7.13. The summed E-state index contributed by atoms with van der Waals surface area (Å²) in [6.45, 7) is 2.26. The predicted molar refractivity (Wildman–Crippen MR) is 126 cm³/mol. The van der Waals surface area contributed by atoms with Crippen molar-refractivity contribution in [3.05, 3.63) is 53.6 Å². The van der Waals surface area contributed by atoms with Crippen LogP contribution in [0.1, 0.15) is 11.1 Å². The van der Waals surface area contributed by atoms with Crippen LogP contribution in [0.5, 0.6) is 0 Å². The molecule has 0 radical (unpaired) electrons. The van der Waals surface area contributed by atoms with Crippen molar-refractivity contribution in [2.45, 2.75) is 22.7 Å². The number of benzene rings is 2. The minimum Gasteiger partial charge on any atom is -0.354 e. The van der Waals surface area contributed by atoms with E-state index in [4.69, 9.17) is 0 Å². The smallest absolute Gasteiger partial charge is 0.325 e. The number of carbonyl (C=O) groups excluding carboxylic acids is 3. The van der Waals surface area contributed by atoms with Crippen LogP contribution in [0.3, 0.4) is 0 Å². The van der Waals surface area contributed by atoms with Gasteiger partial charge in [-0.3, -0.25) is 14.5 Å². The summed E-state index contributed by atoms with van der Waals surface area (Å²) in [5, 5.41) is 6.06. The lowest BCUT2D eigenvalue weighted by molar-refractivity contribution is -0.130. The van der Waals surface area contributed by atoms with Crippen molar-refractivity contribution in [1.29, 1.82) is 0 Å². The van der Waals surface area contributed by atoms with Gasteiger partial charge in [-0.25, -0.2) is 9.78 Å². The normalized spacial score (nSPS) is 13.6. The molecule has 0 bridgehead atoms. The van der Waals surface area contributed by atoms with E-state index in [9.17, 15) is 14.4 Å². The molecule has 2 aromatic carbocycles. The van der Waals surface area contributed by atoms with Crippen molar-refractivity contribution in [2.24, 2.45) is 0 Å². The van der Waals surface area contributed by atoms with Gasteiger partial charge in [0.25, 0.3) is 5.91 Å². The minimum absolute atomic E-state index is 0.0494. The molecule has 1 aromatic heterocycles. The fraction of sp³-hybridized carbons (Fsp3) is 0.273. The molecule has 3 aromatic rings. The molecule has 166 valence electrons. The lowest BCUT2D eigenvalue weighted by Gasteiger charge is -2.13. The molecule has 0 spiro atoms. The lowest BCUT2D eigenvalue weighted by atomic mass is 10.1. The zero-order valence-corrected chi connectivity index (χ0v) is 19.1. The Morgan fingerprint density at radius 1 is 1.16 bits per heavy atom. The van der Waals surface area contributed by atoms with Crippen LogP contribution in [0, 0.1) is 6.92 Å². The van der Waals surface area contributed by atoms with Gasteiger partial charge in [-0.15, -0.1) is 11.8 Å². The number of para-hydroxylation sites is 2. The second-order valence-corrected chi connectivity index (χ2v) is 9.33. The van der Waals surface area contributed by atoms with E-state index >= 15 is 0 Å². The van der Waals surface area contributed by atoms with Crippen LogP contribution in [-0.4, -0.2) is 58.1 Å². The van der Waals surface area contributed by atoms with E-state index in [1.807, 2.05) is 30.3 Å². The highest BCUT2D eigenvalue weighted by Crippen LogP contribution is 2.29. The molecule has 0 saturated carbocycles. The van der Waals surface area contributed by atoms with E-state index in [2.05, 4.69) is 39.7 Å². The van der Waals surface area contributed by atoms with E-state index in [-0.39, 0.29) is 24.9 Å². The minimum atomic E-state index is -0.521. The van der Waals surface area contributed by atoms with E-state index in [0.29, 0.717) is 12.3 Å². The first kappa shape index (κ1) is 22.2. The van der Waals surface area contributed by atoms with Crippen molar-refractivity contribution in [1.82, 2.24) is 25.5 Å². The van der Waals surface area contributed by atoms with Gasteiger partial charge in [0.15, 0.2) is 5.16 Å². The molecule has 1 aliphatic heterocycles. The number of aromatic nitrogens is 2. The molecule has 1 saturated heterocycles. The van der Waals surface area contributed by atoms with Crippen LogP contribution in [-0.2, 0) is 15.3 Å². The fourth-order valence-electron chi connectivity index (χ4n) is 3.28. The van der Waals surface area contributed by atoms with Gasteiger partial charge in [0, 0.05) is 22.9 Å². The zero-order chi connectivity index (χ0) is 22.5. The van der Waals surface area contributed by atoms with Crippen LogP contribution < -0.4 is 10.6 Å². The third kappa shape index (κ3) is 5.25. The highest BCUT2D eigenvalue weighted by Gasteiger charge is 2.29. The number of rotatable bonds is 9. The van der Waals surface area contributed by atoms with Gasteiger partial charge in [0.2, 0.25) is 5.91 Å². The monoisotopic (exact) mass is 469 g/mol. The number of thioether (sulfide) groups is 2. The van der Waals surface area contributed by atoms with Crippen LogP contribution in [0.25, 0.3) is 11.0 Å². The van der Waals surface area contributed by atoms with Gasteiger partial charge in [0.1, 0.15) is 6.54 Å². The largest absolute Gasteiger partial charge is 0.354 e. The second-order valence-electron chi connectivity index (χ2n) is 7.23. The van der Waals surface area contributed by atoms with Gasteiger partial charge in [0.05, 0.1) is 17.6 Å². The molecular weight excluding hydrogens is 446 g/mol. The molecule has 2 heterocycles. The van der Waals surface area contributed by atoms with Crippen molar-refractivity contribution in [3.63, 3.8) is 0 Å². The molecule has 0 atom stereocenters. The summed E-state index contributed by atoms with van der Waals surface area (Å²) in [4.78, 5) is 45.1. The lowest BCUT2D eigenvalue weighted by Crippen LogP contribution is -2.41. The highest BCUT2D eigenvalue weighted by molar-refractivity contribution is 7.99. The number of amides is 4. The number of aromatic amines is 1. The first-order valence-corrected chi connectivity index (χ1v) is 12.1. The third-order valence-electron chi connectivity index (χ3n) is 5.05. The zero-order valence-electron chi connectivity index (χ0n) is 17.5. The summed E-state index contributed by atoms with van der Waals surface area (Å²) in [5.41, 5.74) is 4.45. The number of hydrogen-bond acceptors (Lipinski definition) is 6. The van der Waals surface area contributed by atoms with Crippen molar-refractivity contribution >= 4 is 52.4 Å². The van der Waals surface area contributed by atoms with Crippen LogP contribution >= 0.6 is 23.5 Å². The summed E-state index contributed by atoms with van der Waals surface area (Å²) >= 11 is 3.34. The Morgan fingerprint density at radius 2 is 2.00 bits per heavy atom. The molecule has 32 heavy (non-hydrogen) atoms. The Bertz CT molecular complexity index is 1110. The molecule has 1 fully saturated rings. The summed E-state index contributed by atoms with van der Waals surface area (Å²) < 4.78 is 0. The molecule has 4 amide bonds. The van der Waals surface area contributed by atoms with E-state index in [1.165, 1.54) is 11.1 Å². The van der Waals surface area contributed by atoms with Crippen molar-refractivity contribution in [3.8, 4) is 0 Å². The highest BCUT2D eigenvalue weighted by atomic mass is 32.2. The summed E-state index contributed by atoms with van der Waals surface area (Å²) in [7, 11) is 0. The molecule has 10 heteroatoms. The second kappa shape index (κ2) is 10.1. The maximum absolute atomic E-state index is 12.0. The summed E-state index contributed by atoms with van der Waals surface area (Å²) in [6.07, 6.45) is 0. The van der Waals surface area contributed by atoms with Crippen molar-refractivity contribution < 1.29 is 14.4 Å². The standard InChI is InChI=1S/C22H23N5O3S2/c1-14-15(13-32-21-25-16-6-2-3-7-17(16)26-21)5-4-8-18(14)31-10-9-23-19(28)12-27-20(29)11-24-22(27)30/h2-8H,9-13H2,1H3,(H,23,28)(H,24,30)(H,25,26). The Kier molecular flexibility index (Phi) is 7.01. The number of nitrogens with zero attached hydrogens (tertiary/aromatic N) is 2. The first-order valence-electron chi connectivity index (χ1n) is 10.1. The topological polar surface area (TPSA) is 107 Å². The van der Waals surface area contributed by atoms with E-state index in [1.54, 1.807) is 23.5 Å². The van der Waals surface area contributed by atoms with Crippen LogP contribution in [0.15, 0.2) is 52.5 Å². The Hall–Kier alpha value is -2.98. The maximum Gasteiger partial charge on any atom is 0.325 e. The fourth-order valence-corrected chi connectivity index (χ4v) is 5.18. The van der Waals surface area contributed by atoms with Crippen LogP contribution in [0.2, 0.25) is 0 Å². The number of imidazole rings is 1. The average Bonchev–Trinajstić information content (AvgIpc) is 3.34. The number of fused-ring (bicyclic) bond motifs is 1. The predicted octanol–water partition coefficient (Wildman–Crippen LogP) is 2.92. The number of imide groups is 1. The maximum atomic E-state index is 12.0. The van der Waals surface area contributed by atoms with Crippen LogP contribution in [0.4, 0.5) is 4.79 Å². The van der Waals surface area contributed by atoms with E-state index < -0.39 is 6.03 Å². The van der Waals surface area contributed by atoms with E-state index in [0.717, 1.165) is 31.7 Å². The Labute approximate surface area is 193 Å². The SMILES string of the molecule is Cc1c(CSc2nc3ccccc3[nH]2)cccc1SCCNC(=O)CN1C(=O)CNC1=O. The quantitative estimate of drug-likeness (QED) is 0.253. The average molecular weight is 470 g/mol. The summed E-state index contributed by atoms with van der Waals surface area (Å²) in [5.74, 6) is 0.770. The molecule has 1 aliphatic rings. The molecule has 4 rings (SSSR count). The number of carbonyl (C=O) groups is 3. The van der Waals surface area contributed by atoms with Crippen molar-refractivity contribution in [2.75, 3.05) is 25.4 Å². The number of hydrogen-bond donors (Lipinski definition) is 3. The molecule has 3 N–H and O–H groups in total. The van der Waals surface area contributed by atoms with Gasteiger partial charge >= 0.3 is 6.03 Å². The molecule has 8 nitrogen and oxygen atoms in total. The molecule has 0 unspecified atom stereocenters. The Morgan fingerprint density at radius 3 is 2.78 bits per heavy atom. The number of nitrogens with one attached hydrogen (secondary N) is 3. The molecular formula is C22H23N5O3S2. The Balaban J connectivity index is 1.25.